The van der Waals surface area contributed by atoms with E-state index in [9.17, 15) is 0 Å². The van der Waals surface area contributed by atoms with Crippen LogP contribution in [-0.2, 0) is 5.91 Å². The maximum Gasteiger partial charge on any atom is 0.553 e. The van der Waals surface area contributed by atoms with E-state index in [1.54, 1.807) is 0 Å². The third-order valence-electron chi connectivity index (χ3n) is 17.4. The molecule has 0 aliphatic carbocycles. The number of aromatic nitrogens is 2. The Kier molecular flexibility index (Phi) is 10.8. The first-order chi connectivity index (χ1) is 33.9. The first-order valence-corrected chi connectivity index (χ1v) is 26.7. The maximum atomic E-state index is 2.74. The van der Waals surface area contributed by atoms with Crippen molar-refractivity contribution in [3.05, 3.63) is 201 Å². The fraction of sp³-hybridized carbons (Fsp3) is 0.279. The third-order valence-corrected chi connectivity index (χ3v) is 17.4. The summed E-state index contributed by atoms with van der Waals surface area (Å²) >= 11 is 0. The molecule has 8 heteroatoms. The summed E-state index contributed by atoms with van der Waals surface area (Å²) < 4.78 is 10.9. The SMILES string of the molecule is CCB(CC)c1ccc(C2=C3C=CC4=[N+]3C35n6c2ccc6C(c2ccc(B(CC)CC)cc2)=C2C=CC(=[N+]23)C(c2ccc(B(CC)CC)cc2)=c2ccc(n25)=C4c2ccc(B(CC)CC)cc2)cc1. The average Bonchev–Trinajstić information content (AvgIpc) is 4.23. The zero-order chi connectivity index (χ0) is 47.3. The molecule has 338 valence electrons. The van der Waals surface area contributed by atoms with Gasteiger partial charge < -0.3 is 0 Å². The van der Waals surface area contributed by atoms with Crippen molar-refractivity contribution in [3.8, 4) is 0 Å². The Bertz CT molecular complexity index is 3170. The van der Waals surface area contributed by atoms with Crippen LogP contribution in [0, 0.1) is 0 Å². The molecule has 0 unspecified atom stereocenters. The smallest absolute Gasteiger partial charge is 0.198 e. The van der Waals surface area contributed by atoms with Crippen molar-refractivity contribution in [3.63, 3.8) is 0 Å². The lowest BCUT2D eigenvalue weighted by molar-refractivity contribution is -0.834. The average molecular weight is 896 g/mol. The highest BCUT2D eigenvalue weighted by molar-refractivity contribution is 6.74. The molecule has 0 saturated carbocycles. The van der Waals surface area contributed by atoms with E-state index < -0.39 is 5.91 Å². The quantitative estimate of drug-likeness (QED) is 0.0681. The van der Waals surface area contributed by atoms with Crippen LogP contribution in [0.1, 0.15) is 89.0 Å². The molecule has 12 rings (SSSR count). The molecule has 4 nitrogen and oxygen atoms in total. The summed E-state index contributed by atoms with van der Waals surface area (Å²) in [5.41, 5.74) is 23.3. The van der Waals surface area contributed by atoms with Crippen LogP contribution in [0.15, 0.2) is 157 Å². The lowest BCUT2D eigenvalue weighted by atomic mass is 9.41. The highest BCUT2D eigenvalue weighted by Crippen LogP contribution is 2.53. The number of nitrogens with zero attached hydrogens (tertiary/aromatic N) is 4. The van der Waals surface area contributed by atoms with Crippen LogP contribution in [0.2, 0.25) is 50.6 Å². The van der Waals surface area contributed by atoms with E-state index in [1.165, 1.54) is 111 Å². The first kappa shape index (κ1) is 44.0. The molecule has 0 amide bonds. The molecule has 8 heterocycles. The van der Waals surface area contributed by atoms with E-state index in [0.717, 1.165) is 50.6 Å². The predicted octanol–water partition coefficient (Wildman–Crippen LogP) is 9.39. The van der Waals surface area contributed by atoms with E-state index >= 15 is 0 Å². The molecule has 1 spiro atoms. The Hall–Kier alpha value is -6.26. The molecule has 0 saturated heterocycles. The van der Waals surface area contributed by atoms with Gasteiger partial charge in [0.1, 0.15) is 0 Å². The van der Waals surface area contributed by atoms with E-state index in [2.05, 4.69) is 219 Å². The second-order valence-corrected chi connectivity index (χ2v) is 20.4. The third kappa shape index (κ3) is 6.12. The Morgan fingerprint density at radius 3 is 0.913 bits per heavy atom. The highest BCUT2D eigenvalue weighted by atomic mass is 15.6. The number of benzene rings is 4. The van der Waals surface area contributed by atoms with Crippen molar-refractivity contribution in [2.45, 2.75) is 112 Å². The second kappa shape index (κ2) is 17.0. The summed E-state index contributed by atoms with van der Waals surface area (Å²) in [6.07, 6.45) is 18.9. The molecular formula is C61H64B4N4+2. The molecule has 69 heavy (non-hydrogen) atoms. The molecule has 0 radical (unpaired) electrons. The van der Waals surface area contributed by atoms with Crippen LogP contribution in [-0.4, -0.2) is 56.6 Å². The normalized spacial score (nSPS) is 16.3. The topological polar surface area (TPSA) is 15.9 Å². The van der Waals surface area contributed by atoms with Gasteiger partial charge in [-0.2, -0.15) is 9.13 Å². The van der Waals surface area contributed by atoms with Gasteiger partial charge in [0.15, 0.2) is 26.9 Å². The highest BCUT2D eigenvalue weighted by Gasteiger charge is 2.73. The number of hydrogen-bond acceptors (Lipinski definition) is 0. The molecule has 6 aliphatic heterocycles. The molecule has 6 aliphatic rings. The van der Waals surface area contributed by atoms with Crippen LogP contribution in [0.3, 0.4) is 0 Å². The summed E-state index contributed by atoms with van der Waals surface area (Å²) in [4.78, 5) is 0. The molecule has 0 N–H and O–H groups in total. The van der Waals surface area contributed by atoms with Gasteiger partial charge in [-0.15, -0.1) is 0 Å². The number of allylic oxidation sites excluding steroid dienone is 4. The Labute approximate surface area is 411 Å². The summed E-state index contributed by atoms with van der Waals surface area (Å²) in [5.74, 6) is -0.805. The van der Waals surface area contributed by atoms with Crippen LogP contribution < -0.4 is 32.5 Å². The van der Waals surface area contributed by atoms with E-state index in [0.29, 0.717) is 26.9 Å². The molecule has 4 aromatic carbocycles. The predicted molar refractivity (Wildman–Crippen MR) is 299 cm³/mol. The molecule has 0 bridgehead atoms. The lowest BCUT2D eigenvalue weighted by Crippen LogP contribution is -2.71. The molecule has 6 aromatic rings. The van der Waals surface area contributed by atoms with Crippen molar-refractivity contribution in [1.82, 2.24) is 9.13 Å². The van der Waals surface area contributed by atoms with Gasteiger partial charge >= 0.3 is 5.91 Å². The van der Waals surface area contributed by atoms with Gasteiger partial charge in [0.05, 0.1) is 44.4 Å². The van der Waals surface area contributed by atoms with Gasteiger partial charge in [0.2, 0.25) is 22.8 Å². The summed E-state index contributed by atoms with van der Waals surface area (Å²) in [7, 11) is 0. The maximum absolute atomic E-state index is 2.74. The Balaban J connectivity index is 1.20. The van der Waals surface area contributed by atoms with Crippen LogP contribution >= 0.6 is 0 Å². The van der Waals surface area contributed by atoms with Gasteiger partial charge in [-0.05, 0) is 46.5 Å². The Morgan fingerprint density at radius 2 is 0.623 bits per heavy atom. The molecular weight excluding hydrogens is 832 g/mol. The van der Waals surface area contributed by atoms with E-state index in [4.69, 9.17) is 0 Å². The van der Waals surface area contributed by atoms with Gasteiger partial charge in [-0.25, -0.2) is 0 Å². The molecule has 2 aromatic heterocycles. The van der Waals surface area contributed by atoms with Gasteiger partial charge in [-0.3, -0.25) is 0 Å². The van der Waals surface area contributed by atoms with Crippen molar-refractivity contribution in [1.29, 1.82) is 0 Å². The fourth-order valence-corrected chi connectivity index (χ4v) is 13.6. The minimum atomic E-state index is -0.805. The van der Waals surface area contributed by atoms with E-state index in [-0.39, 0.29) is 0 Å². The van der Waals surface area contributed by atoms with Crippen LogP contribution in [0.4, 0.5) is 0 Å². The lowest BCUT2D eigenvalue weighted by Gasteiger charge is -2.41. The number of hydrogen-bond donors (Lipinski definition) is 0. The largest absolute Gasteiger partial charge is 0.553 e. The van der Waals surface area contributed by atoms with Crippen molar-refractivity contribution in [2.24, 2.45) is 0 Å². The van der Waals surface area contributed by atoms with Crippen molar-refractivity contribution in [2.75, 3.05) is 0 Å². The fourth-order valence-electron chi connectivity index (χ4n) is 13.6. The van der Waals surface area contributed by atoms with Crippen molar-refractivity contribution >= 4 is 82.4 Å². The second-order valence-electron chi connectivity index (χ2n) is 20.4. The standard InChI is InChI=1S/C61H64B4N4/c1-9-62(10-2)45-25-17-41(18-26-45)57-49-33-35-51-58(42-19-27-46(28-20-42)63(11-3)12-4)53-37-39-55-60(44-23-31-48(32-24-44)65(15-7)16-8)56-40-38-54-59(43-21-29-47(30-22-43)64(13-5)14-6)52-36-34-50(57)67(52)61(66(49)51,68(53)55)69(54)56/h17-40H,9-16H2,1-8H3/q+2. The molecule has 0 fully saturated rings. The summed E-state index contributed by atoms with van der Waals surface area (Å²) in [5, 5.41) is 2.49. The zero-order valence-corrected chi connectivity index (χ0v) is 42.1. The minimum absolute atomic E-state index is 0.558. The summed E-state index contributed by atoms with van der Waals surface area (Å²) in [6, 6.07) is 48.3. The zero-order valence-electron chi connectivity index (χ0n) is 42.1. The van der Waals surface area contributed by atoms with Gasteiger partial charge in [0.25, 0.3) is 0 Å². The first-order valence-electron chi connectivity index (χ1n) is 26.7. The van der Waals surface area contributed by atoms with Gasteiger partial charge in [0, 0.05) is 24.3 Å². The van der Waals surface area contributed by atoms with Crippen LogP contribution in [0.5, 0.6) is 0 Å². The molecule has 0 atom stereocenters. The monoisotopic (exact) mass is 897 g/mol. The van der Waals surface area contributed by atoms with Crippen LogP contribution in [0.25, 0.3) is 22.3 Å². The van der Waals surface area contributed by atoms with Gasteiger partial charge in [-0.1, -0.05) is 234 Å². The minimum Gasteiger partial charge on any atom is -0.198 e. The number of rotatable bonds is 16. The summed E-state index contributed by atoms with van der Waals surface area (Å²) in [6.45, 7) is 20.8. The van der Waals surface area contributed by atoms with Crippen molar-refractivity contribution < 1.29 is 9.15 Å². The Morgan fingerprint density at radius 1 is 0.333 bits per heavy atom. The van der Waals surface area contributed by atoms with E-state index in [1.807, 2.05) is 0 Å².